The van der Waals surface area contributed by atoms with Crippen molar-refractivity contribution < 1.29 is 9.59 Å². The van der Waals surface area contributed by atoms with Crippen LogP contribution in [0.5, 0.6) is 0 Å². The summed E-state index contributed by atoms with van der Waals surface area (Å²) >= 11 is 0. The highest BCUT2D eigenvalue weighted by Gasteiger charge is 2.25. The maximum Gasteiger partial charge on any atom is 0.242 e. The number of carbonyl (C=O) groups excluding carboxylic acids is 2. The van der Waals surface area contributed by atoms with E-state index in [1.54, 1.807) is 11.8 Å². The van der Waals surface area contributed by atoms with E-state index in [1.165, 1.54) is 11.1 Å². The molecule has 0 heterocycles. The SMILES string of the molecule is CCNC(=O)[C@@H](C)N(Cc1cccc(C)c1)C(=O)Cc1ccc(C)c(C)c1. The van der Waals surface area contributed by atoms with Crippen molar-refractivity contribution in [3.63, 3.8) is 0 Å². The lowest BCUT2D eigenvalue weighted by Crippen LogP contribution is -2.48. The van der Waals surface area contributed by atoms with Crippen molar-refractivity contribution >= 4 is 11.8 Å². The third kappa shape index (κ3) is 5.68. The molecule has 0 unspecified atom stereocenters. The smallest absolute Gasteiger partial charge is 0.242 e. The molecule has 27 heavy (non-hydrogen) atoms. The highest BCUT2D eigenvalue weighted by atomic mass is 16.2. The van der Waals surface area contributed by atoms with Crippen molar-refractivity contribution in [2.75, 3.05) is 6.54 Å². The lowest BCUT2D eigenvalue weighted by Gasteiger charge is -2.29. The van der Waals surface area contributed by atoms with E-state index < -0.39 is 6.04 Å². The maximum atomic E-state index is 13.1. The van der Waals surface area contributed by atoms with E-state index in [0.717, 1.165) is 16.7 Å². The zero-order valence-corrected chi connectivity index (χ0v) is 17.0. The van der Waals surface area contributed by atoms with Gasteiger partial charge >= 0.3 is 0 Å². The molecule has 1 N–H and O–H groups in total. The molecule has 0 aliphatic carbocycles. The Hall–Kier alpha value is -2.62. The van der Waals surface area contributed by atoms with Gasteiger partial charge in [-0.1, -0.05) is 48.0 Å². The molecule has 0 aromatic heterocycles. The van der Waals surface area contributed by atoms with Gasteiger partial charge in [0.15, 0.2) is 0 Å². The van der Waals surface area contributed by atoms with Crippen LogP contribution in [0.25, 0.3) is 0 Å². The average Bonchev–Trinajstić information content (AvgIpc) is 2.62. The summed E-state index contributed by atoms with van der Waals surface area (Å²) in [6, 6.07) is 13.6. The summed E-state index contributed by atoms with van der Waals surface area (Å²) in [6.45, 7) is 10.8. The van der Waals surface area contributed by atoms with Crippen LogP contribution in [0.15, 0.2) is 42.5 Å². The second kappa shape index (κ2) is 9.36. The molecular weight excluding hydrogens is 336 g/mol. The number of carbonyl (C=O) groups is 2. The largest absolute Gasteiger partial charge is 0.355 e. The number of nitrogens with zero attached hydrogens (tertiary/aromatic N) is 1. The summed E-state index contributed by atoms with van der Waals surface area (Å²) in [7, 11) is 0. The summed E-state index contributed by atoms with van der Waals surface area (Å²) in [5, 5.41) is 2.83. The van der Waals surface area contributed by atoms with Crippen LogP contribution in [0.2, 0.25) is 0 Å². The highest BCUT2D eigenvalue weighted by Crippen LogP contribution is 2.15. The number of hydrogen-bond acceptors (Lipinski definition) is 2. The van der Waals surface area contributed by atoms with E-state index in [-0.39, 0.29) is 18.2 Å². The van der Waals surface area contributed by atoms with Crippen LogP contribution < -0.4 is 5.32 Å². The fourth-order valence-electron chi connectivity index (χ4n) is 3.10. The fourth-order valence-corrected chi connectivity index (χ4v) is 3.10. The van der Waals surface area contributed by atoms with Gasteiger partial charge < -0.3 is 10.2 Å². The lowest BCUT2D eigenvalue weighted by molar-refractivity contribution is -0.140. The zero-order valence-electron chi connectivity index (χ0n) is 17.0. The predicted molar refractivity (Wildman–Crippen MR) is 109 cm³/mol. The summed E-state index contributed by atoms with van der Waals surface area (Å²) < 4.78 is 0. The Bertz CT molecular complexity index is 814. The van der Waals surface area contributed by atoms with E-state index in [1.807, 2.05) is 51.1 Å². The summed E-state index contributed by atoms with van der Waals surface area (Å²) in [6.07, 6.45) is 0.288. The van der Waals surface area contributed by atoms with Crippen molar-refractivity contribution in [3.8, 4) is 0 Å². The molecule has 0 bridgehead atoms. The van der Waals surface area contributed by atoms with Gasteiger partial charge in [-0.05, 0) is 56.9 Å². The Kier molecular flexibility index (Phi) is 7.17. The number of benzene rings is 2. The molecule has 144 valence electrons. The molecule has 0 fully saturated rings. The Morgan fingerprint density at radius 1 is 1.00 bits per heavy atom. The van der Waals surface area contributed by atoms with E-state index in [9.17, 15) is 9.59 Å². The first-order valence-corrected chi connectivity index (χ1v) is 9.50. The van der Waals surface area contributed by atoms with Gasteiger partial charge in [-0.2, -0.15) is 0 Å². The molecule has 4 nitrogen and oxygen atoms in total. The predicted octanol–water partition coefficient (Wildman–Crippen LogP) is 3.71. The monoisotopic (exact) mass is 366 g/mol. The Labute approximate surface area is 162 Å². The minimum atomic E-state index is -0.524. The average molecular weight is 367 g/mol. The van der Waals surface area contributed by atoms with Gasteiger partial charge in [0.05, 0.1) is 6.42 Å². The topological polar surface area (TPSA) is 49.4 Å². The number of nitrogens with one attached hydrogen (secondary N) is 1. The third-order valence-electron chi connectivity index (χ3n) is 4.88. The molecule has 2 aromatic rings. The number of likely N-dealkylation sites (N-methyl/N-ethyl adjacent to an activating group) is 1. The van der Waals surface area contributed by atoms with E-state index in [2.05, 4.69) is 24.4 Å². The second-order valence-electron chi connectivity index (χ2n) is 7.18. The molecule has 4 heteroatoms. The van der Waals surface area contributed by atoms with Gasteiger partial charge in [0.2, 0.25) is 11.8 Å². The molecule has 0 saturated carbocycles. The second-order valence-corrected chi connectivity index (χ2v) is 7.18. The zero-order chi connectivity index (χ0) is 20.0. The first-order valence-electron chi connectivity index (χ1n) is 9.50. The van der Waals surface area contributed by atoms with Gasteiger partial charge in [-0.3, -0.25) is 9.59 Å². The van der Waals surface area contributed by atoms with Crippen LogP contribution in [0, 0.1) is 20.8 Å². The molecule has 2 aromatic carbocycles. The summed E-state index contributed by atoms with van der Waals surface area (Å²) in [5.74, 6) is -0.169. The van der Waals surface area contributed by atoms with Crippen LogP contribution in [0.4, 0.5) is 0 Å². The molecule has 0 saturated heterocycles. The number of rotatable bonds is 7. The van der Waals surface area contributed by atoms with Crippen LogP contribution in [-0.4, -0.2) is 29.3 Å². The highest BCUT2D eigenvalue weighted by molar-refractivity contribution is 5.88. The van der Waals surface area contributed by atoms with Crippen LogP contribution in [-0.2, 0) is 22.6 Å². The van der Waals surface area contributed by atoms with Crippen LogP contribution >= 0.6 is 0 Å². The van der Waals surface area contributed by atoms with Gasteiger partial charge in [-0.25, -0.2) is 0 Å². The first-order chi connectivity index (χ1) is 12.8. The lowest BCUT2D eigenvalue weighted by atomic mass is 10.0. The van der Waals surface area contributed by atoms with E-state index in [0.29, 0.717) is 13.1 Å². The van der Waals surface area contributed by atoms with Gasteiger partial charge in [0.25, 0.3) is 0 Å². The van der Waals surface area contributed by atoms with Gasteiger partial charge in [-0.15, -0.1) is 0 Å². The van der Waals surface area contributed by atoms with Crippen LogP contribution in [0.1, 0.15) is 41.7 Å². The summed E-state index contributed by atoms with van der Waals surface area (Å²) in [4.78, 5) is 27.2. The Balaban J connectivity index is 2.25. The van der Waals surface area contributed by atoms with Crippen molar-refractivity contribution in [2.24, 2.45) is 0 Å². The van der Waals surface area contributed by atoms with Crippen molar-refractivity contribution in [1.29, 1.82) is 0 Å². The molecule has 0 spiro atoms. The minimum Gasteiger partial charge on any atom is -0.355 e. The number of hydrogen-bond donors (Lipinski definition) is 1. The molecular formula is C23H30N2O2. The normalized spacial score (nSPS) is 11.7. The summed E-state index contributed by atoms with van der Waals surface area (Å²) in [5.41, 5.74) is 5.51. The molecule has 2 rings (SSSR count). The molecule has 2 amide bonds. The maximum absolute atomic E-state index is 13.1. The Morgan fingerprint density at radius 2 is 1.74 bits per heavy atom. The Morgan fingerprint density at radius 3 is 2.37 bits per heavy atom. The van der Waals surface area contributed by atoms with Crippen molar-refractivity contribution in [1.82, 2.24) is 10.2 Å². The molecule has 0 radical (unpaired) electrons. The first kappa shape index (κ1) is 20.7. The van der Waals surface area contributed by atoms with E-state index >= 15 is 0 Å². The molecule has 0 aliphatic heterocycles. The van der Waals surface area contributed by atoms with Gasteiger partial charge in [0, 0.05) is 13.1 Å². The van der Waals surface area contributed by atoms with Crippen molar-refractivity contribution in [3.05, 3.63) is 70.3 Å². The quantitative estimate of drug-likeness (QED) is 0.812. The number of amides is 2. The number of aryl methyl sites for hydroxylation is 3. The van der Waals surface area contributed by atoms with E-state index in [4.69, 9.17) is 0 Å². The molecule has 0 aliphatic rings. The van der Waals surface area contributed by atoms with Crippen LogP contribution in [0.3, 0.4) is 0 Å². The fraction of sp³-hybridized carbons (Fsp3) is 0.391. The molecule has 1 atom stereocenters. The standard InChI is InChI=1S/C23H30N2O2/c1-6-24-23(27)19(5)25(15-21-9-7-8-16(2)12-21)22(26)14-20-11-10-17(3)18(4)13-20/h7-13,19H,6,14-15H2,1-5H3,(H,24,27)/t19-/m1/s1. The minimum absolute atomic E-state index is 0.0430. The van der Waals surface area contributed by atoms with Gasteiger partial charge in [0.1, 0.15) is 6.04 Å². The third-order valence-corrected chi connectivity index (χ3v) is 4.88. The van der Waals surface area contributed by atoms with Crippen molar-refractivity contribution in [2.45, 2.75) is 53.6 Å².